The smallest absolute Gasteiger partial charge is 0.228 e. The molecule has 2 aromatic rings. The zero-order chi connectivity index (χ0) is 20.8. The number of nitrogens with zero attached hydrogens (tertiary/aromatic N) is 3. The Morgan fingerprint density at radius 2 is 2.10 bits per heavy atom. The van der Waals surface area contributed by atoms with E-state index >= 15 is 0 Å². The summed E-state index contributed by atoms with van der Waals surface area (Å²) in [7, 11) is 1.61. The number of hydrogen-bond acceptors (Lipinski definition) is 6. The van der Waals surface area contributed by atoms with Gasteiger partial charge in [-0.2, -0.15) is 4.98 Å². The molecule has 0 spiro atoms. The summed E-state index contributed by atoms with van der Waals surface area (Å²) in [5, 5.41) is 6.68. The molecule has 3 rings (SSSR count). The second kappa shape index (κ2) is 9.54. The molecule has 1 fully saturated rings. The highest BCUT2D eigenvalue weighted by Crippen LogP contribution is 2.39. The van der Waals surface area contributed by atoms with Gasteiger partial charge in [0.2, 0.25) is 17.7 Å². The van der Waals surface area contributed by atoms with Crippen molar-refractivity contribution >= 4 is 11.8 Å². The second-order valence-corrected chi connectivity index (χ2v) is 7.25. The Balaban J connectivity index is 1.72. The fourth-order valence-electron chi connectivity index (χ4n) is 3.70. The molecule has 1 aliphatic heterocycles. The summed E-state index contributed by atoms with van der Waals surface area (Å²) in [6, 6.07) is 7.32. The van der Waals surface area contributed by atoms with Crippen LogP contribution in [-0.4, -0.2) is 47.1 Å². The van der Waals surface area contributed by atoms with Crippen molar-refractivity contribution in [2.45, 2.75) is 45.6 Å². The van der Waals surface area contributed by atoms with Gasteiger partial charge < -0.3 is 19.5 Å². The van der Waals surface area contributed by atoms with Crippen molar-refractivity contribution in [3.8, 4) is 5.75 Å². The highest BCUT2D eigenvalue weighted by molar-refractivity contribution is 5.90. The van der Waals surface area contributed by atoms with Gasteiger partial charge in [0.05, 0.1) is 19.1 Å². The third-order valence-corrected chi connectivity index (χ3v) is 5.19. The summed E-state index contributed by atoms with van der Waals surface area (Å²) in [6.45, 7) is 4.87. The summed E-state index contributed by atoms with van der Waals surface area (Å²) in [5.74, 6) is 1.26. The van der Waals surface area contributed by atoms with E-state index in [1.165, 1.54) is 0 Å². The Hall–Kier alpha value is -2.90. The molecule has 1 aliphatic rings. The van der Waals surface area contributed by atoms with Crippen molar-refractivity contribution in [2.24, 2.45) is 5.92 Å². The average molecular weight is 400 g/mol. The van der Waals surface area contributed by atoms with Gasteiger partial charge in [0.1, 0.15) is 5.75 Å². The number of carbonyl (C=O) groups excluding carboxylic acids is 2. The predicted octanol–water partition coefficient (Wildman–Crippen LogP) is 2.44. The van der Waals surface area contributed by atoms with Gasteiger partial charge in [-0.1, -0.05) is 30.6 Å². The quantitative estimate of drug-likeness (QED) is 0.694. The van der Waals surface area contributed by atoms with Crippen LogP contribution in [0.25, 0.3) is 0 Å². The molecular formula is C21H28N4O4. The number of likely N-dealkylation sites (tertiary alicyclic amines) is 1. The minimum absolute atomic E-state index is 0.0203. The first-order valence-corrected chi connectivity index (χ1v) is 10.0. The molecule has 1 saturated heterocycles. The lowest BCUT2D eigenvalue weighted by Crippen LogP contribution is -2.36. The van der Waals surface area contributed by atoms with Gasteiger partial charge in [-0.05, 0) is 31.0 Å². The van der Waals surface area contributed by atoms with Crippen LogP contribution in [0, 0.1) is 12.8 Å². The van der Waals surface area contributed by atoms with E-state index in [1.54, 1.807) is 14.0 Å². The van der Waals surface area contributed by atoms with Crippen LogP contribution in [0.4, 0.5) is 0 Å². The summed E-state index contributed by atoms with van der Waals surface area (Å²) in [5.41, 5.74) is 0.945. The zero-order valence-electron chi connectivity index (χ0n) is 17.2. The van der Waals surface area contributed by atoms with Crippen molar-refractivity contribution < 1.29 is 18.8 Å². The number of unbranched alkanes of at least 4 members (excludes halogenated alkanes) is 1. The Morgan fingerprint density at radius 1 is 1.34 bits per heavy atom. The van der Waals surface area contributed by atoms with E-state index in [-0.39, 0.29) is 24.3 Å². The van der Waals surface area contributed by atoms with Gasteiger partial charge in [0, 0.05) is 25.9 Å². The van der Waals surface area contributed by atoms with E-state index in [4.69, 9.17) is 9.26 Å². The Labute approximate surface area is 170 Å². The summed E-state index contributed by atoms with van der Waals surface area (Å²) >= 11 is 0. The number of ether oxygens (including phenoxy) is 1. The van der Waals surface area contributed by atoms with Gasteiger partial charge in [-0.3, -0.25) is 9.59 Å². The van der Waals surface area contributed by atoms with Gasteiger partial charge in [-0.15, -0.1) is 0 Å². The Bertz CT molecular complexity index is 833. The number of aromatic nitrogens is 2. The summed E-state index contributed by atoms with van der Waals surface area (Å²) in [4.78, 5) is 31.6. The largest absolute Gasteiger partial charge is 0.497 e. The molecule has 8 nitrogen and oxygen atoms in total. The molecule has 156 valence electrons. The molecule has 1 aromatic carbocycles. The number of benzene rings is 1. The van der Waals surface area contributed by atoms with Crippen molar-refractivity contribution in [2.75, 3.05) is 20.2 Å². The summed E-state index contributed by atoms with van der Waals surface area (Å²) < 4.78 is 10.3. The third-order valence-electron chi connectivity index (χ3n) is 5.19. The molecule has 2 atom stereocenters. The molecule has 1 aromatic heterocycles. The SMILES string of the molecule is CCCCN1C(=O)CC(C(=O)NCCc2nc(C)no2)C1c1ccc(OC)cc1. The number of hydrogen-bond donors (Lipinski definition) is 1. The monoisotopic (exact) mass is 400 g/mol. The van der Waals surface area contributed by atoms with Gasteiger partial charge >= 0.3 is 0 Å². The lowest BCUT2D eigenvalue weighted by molar-refractivity contribution is -0.129. The van der Waals surface area contributed by atoms with Gasteiger partial charge in [0.25, 0.3) is 0 Å². The first-order valence-electron chi connectivity index (χ1n) is 10.0. The van der Waals surface area contributed by atoms with Crippen molar-refractivity contribution in [3.63, 3.8) is 0 Å². The minimum atomic E-state index is -0.433. The maximum absolute atomic E-state index is 12.9. The second-order valence-electron chi connectivity index (χ2n) is 7.25. The molecular weight excluding hydrogens is 372 g/mol. The lowest BCUT2D eigenvalue weighted by atomic mass is 9.92. The normalized spacial score (nSPS) is 18.9. The molecule has 0 radical (unpaired) electrons. The number of amides is 2. The molecule has 8 heteroatoms. The summed E-state index contributed by atoms with van der Waals surface area (Å²) in [6.07, 6.45) is 2.56. The Morgan fingerprint density at radius 3 is 2.72 bits per heavy atom. The van der Waals surface area contributed by atoms with Crippen LogP contribution >= 0.6 is 0 Å². The number of rotatable bonds is 9. The van der Waals surface area contributed by atoms with Crippen LogP contribution in [0.2, 0.25) is 0 Å². The van der Waals surface area contributed by atoms with Crippen LogP contribution in [-0.2, 0) is 16.0 Å². The van der Waals surface area contributed by atoms with Crippen LogP contribution in [0.5, 0.6) is 5.75 Å². The number of aryl methyl sites for hydroxylation is 1. The molecule has 0 aliphatic carbocycles. The standard InChI is InChI=1S/C21H28N4O4/c1-4-5-12-25-19(26)13-17(20(25)15-6-8-16(28-3)9-7-15)21(27)22-11-10-18-23-14(2)24-29-18/h6-9,17,20H,4-5,10-13H2,1-3H3,(H,22,27). The minimum Gasteiger partial charge on any atom is -0.497 e. The van der Waals surface area contributed by atoms with Gasteiger partial charge in [-0.25, -0.2) is 0 Å². The highest BCUT2D eigenvalue weighted by atomic mass is 16.5. The van der Waals surface area contributed by atoms with E-state index in [2.05, 4.69) is 22.4 Å². The third kappa shape index (κ3) is 4.93. The first-order chi connectivity index (χ1) is 14.0. The predicted molar refractivity (Wildman–Crippen MR) is 106 cm³/mol. The molecule has 0 bridgehead atoms. The maximum atomic E-state index is 12.9. The van der Waals surface area contributed by atoms with E-state index in [1.807, 2.05) is 29.2 Å². The molecule has 1 N–H and O–H groups in total. The van der Waals surface area contributed by atoms with Crippen LogP contribution in [0.1, 0.15) is 49.5 Å². The molecule has 2 unspecified atom stereocenters. The maximum Gasteiger partial charge on any atom is 0.228 e. The topological polar surface area (TPSA) is 97.6 Å². The van der Waals surface area contributed by atoms with Crippen molar-refractivity contribution in [1.29, 1.82) is 0 Å². The molecule has 29 heavy (non-hydrogen) atoms. The van der Waals surface area contributed by atoms with Crippen LogP contribution in [0.15, 0.2) is 28.8 Å². The van der Waals surface area contributed by atoms with Crippen LogP contribution in [0.3, 0.4) is 0 Å². The average Bonchev–Trinajstić information content (AvgIpc) is 3.29. The number of methoxy groups -OCH3 is 1. The number of carbonyl (C=O) groups is 2. The first kappa shape index (κ1) is 20.8. The van der Waals surface area contributed by atoms with E-state index in [0.717, 1.165) is 24.2 Å². The molecule has 2 heterocycles. The van der Waals surface area contributed by atoms with Crippen LogP contribution < -0.4 is 10.1 Å². The lowest BCUT2D eigenvalue weighted by Gasteiger charge is -2.28. The van der Waals surface area contributed by atoms with Crippen molar-refractivity contribution in [1.82, 2.24) is 20.4 Å². The van der Waals surface area contributed by atoms with E-state index < -0.39 is 5.92 Å². The van der Waals surface area contributed by atoms with E-state index in [0.29, 0.717) is 31.2 Å². The van der Waals surface area contributed by atoms with E-state index in [9.17, 15) is 9.59 Å². The fourth-order valence-corrected chi connectivity index (χ4v) is 3.70. The zero-order valence-corrected chi connectivity index (χ0v) is 17.2. The van der Waals surface area contributed by atoms with Crippen molar-refractivity contribution in [3.05, 3.63) is 41.5 Å². The Kier molecular flexibility index (Phi) is 6.85. The molecule has 2 amide bonds. The fraction of sp³-hybridized carbons (Fsp3) is 0.524. The highest BCUT2D eigenvalue weighted by Gasteiger charge is 2.44. The van der Waals surface area contributed by atoms with Gasteiger partial charge in [0.15, 0.2) is 5.82 Å². The molecule has 0 saturated carbocycles. The number of nitrogens with one attached hydrogen (secondary N) is 1.